The molecule has 1 aromatic heterocycles. The Morgan fingerprint density at radius 3 is 2.42 bits per heavy atom. The lowest BCUT2D eigenvalue weighted by atomic mass is 10.1. The third-order valence-electron chi connectivity index (χ3n) is 4.24. The van der Waals surface area contributed by atoms with Crippen molar-refractivity contribution in [3.8, 4) is 11.3 Å². The molecule has 0 saturated carbocycles. The topological polar surface area (TPSA) is 71.6 Å². The molecular formula is C19H25N3O2. The summed E-state index contributed by atoms with van der Waals surface area (Å²) in [7, 11) is 0. The zero-order valence-corrected chi connectivity index (χ0v) is 14.3. The van der Waals surface area contributed by atoms with Gasteiger partial charge in [-0.3, -0.25) is 4.90 Å². The number of nitrogens with two attached hydrogens (primary N) is 1. The second-order valence-electron chi connectivity index (χ2n) is 6.59. The van der Waals surface area contributed by atoms with Crippen molar-refractivity contribution in [2.24, 2.45) is 0 Å². The summed E-state index contributed by atoms with van der Waals surface area (Å²) in [5.41, 5.74) is 9.93. The summed E-state index contributed by atoms with van der Waals surface area (Å²) in [4.78, 5) is 6.85. The van der Waals surface area contributed by atoms with Crippen molar-refractivity contribution >= 4 is 5.82 Å². The predicted octanol–water partition coefficient (Wildman–Crippen LogP) is 2.43. The number of anilines is 1. The van der Waals surface area contributed by atoms with Gasteiger partial charge >= 0.3 is 0 Å². The number of aliphatic hydroxyl groups excluding tert-OH is 1. The van der Waals surface area contributed by atoms with Crippen molar-refractivity contribution in [3.05, 3.63) is 47.5 Å². The molecule has 2 heterocycles. The standard InChI is InChI=1S/C19H25N3O2/c1-13-9-22(10-14(2)24-13)11-16-7-18(21-19(20)8-16)17-5-3-15(12-23)4-6-17/h3-8,13-14,23H,9-12H2,1-2H3,(H2,20,21)/t13-,14+. The van der Waals surface area contributed by atoms with Crippen molar-refractivity contribution in [1.29, 1.82) is 0 Å². The van der Waals surface area contributed by atoms with Gasteiger partial charge in [-0.15, -0.1) is 0 Å². The van der Waals surface area contributed by atoms with Crippen molar-refractivity contribution in [2.75, 3.05) is 18.8 Å². The number of nitrogen functional groups attached to an aromatic ring is 1. The lowest BCUT2D eigenvalue weighted by Gasteiger charge is -2.35. The minimum absolute atomic E-state index is 0.0449. The predicted molar refractivity (Wildman–Crippen MR) is 95.3 cm³/mol. The average molecular weight is 327 g/mol. The van der Waals surface area contributed by atoms with E-state index >= 15 is 0 Å². The number of ether oxygens (including phenoxy) is 1. The summed E-state index contributed by atoms with van der Waals surface area (Å²) < 4.78 is 5.79. The highest BCUT2D eigenvalue weighted by molar-refractivity contribution is 5.62. The smallest absolute Gasteiger partial charge is 0.124 e. The number of aromatic nitrogens is 1. The second-order valence-corrected chi connectivity index (χ2v) is 6.59. The van der Waals surface area contributed by atoms with E-state index < -0.39 is 0 Å². The first kappa shape index (κ1) is 16.9. The Balaban J connectivity index is 1.80. The SMILES string of the molecule is C[C@@H]1CN(Cc2cc(N)nc(-c3ccc(CO)cc3)c2)C[C@H](C)O1. The molecule has 1 aliphatic heterocycles. The van der Waals surface area contributed by atoms with Gasteiger partial charge in [0.05, 0.1) is 24.5 Å². The zero-order valence-electron chi connectivity index (χ0n) is 14.3. The number of hydrogen-bond donors (Lipinski definition) is 2. The van der Waals surface area contributed by atoms with Gasteiger partial charge in [0.25, 0.3) is 0 Å². The summed E-state index contributed by atoms with van der Waals surface area (Å²) in [5.74, 6) is 0.531. The number of rotatable bonds is 4. The molecule has 128 valence electrons. The summed E-state index contributed by atoms with van der Waals surface area (Å²) in [6.07, 6.45) is 0.497. The van der Waals surface area contributed by atoms with Crippen LogP contribution >= 0.6 is 0 Å². The summed E-state index contributed by atoms with van der Waals surface area (Å²) in [6, 6.07) is 11.8. The molecule has 1 fully saturated rings. The number of morpholine rings is 1. The molecule has 0 aliphatic carbocycles. The van der Waals surface area contributed by atoms with Gasteiger partial charge in [-0.05, 0) is 37.1 Å². The Morgan fingerprint density at radius 2 is 1.79 bits per heavy atom. The number of pyridine rings is 1. The molecule has 5 heteroatoms. The van der Waals surface area contributed by atoms with Crippen LogP contribution in [0.5, 0.6) is 0 Å². The van der Waals surface area contributed by atoms with Gasteiger partial charge in [-0.1, -0.05) is 24.3 Å². The van der Waals surface area contributed by atoms with Crippen LogP contribution in [0.2, 0.25) is 0 Å². The van der Waals surface area contributed by atoms with E-state index in [0.717, 1.165) is 42.0 Å². The lowest BCUT2D eigenvalue weighted by Crippen LogP contribution is -2.44. The number of hydrogen-bond acceptors (Lipinski definition) is 5. The van der Waals surface area contributed by atoms with Gasteiger partial charge in [-0.2, -0.15) is 0 Å². The molecule has 0 unspecified atom stereocenters. The molecule has 5 nitrogen and oxygen atoms in total. The zero-order chi connectivity index (χ0) is 17.1. The molecule has 0 bridgehead atoms. The van der Waals surface area contributed by atoms with E-state index in [-0.39, 0.29) is 18.8 Å². The van der Waals surface area contributed by atoms with Crippen LogP contribution in [0, 0.1) is 0 Å². The fourth-order valence-corrected chi connectivity index (χ4v) is 3.30. The first-order chi connectivity index (χ1) is 11.5. The molecule has 3 N–H and O–H groups in total. The van der Waals surface area contributed by atoms with Crippen molar-refractivity contribution in [1.82, 2.24) is 9.88 Å². The van der Waals surface area contributed by atoms with Crippen LogP contribution in [0.3, 0.4) is 0 Å². The minimum atomic E-state index is 0.0449. The molecule has 2 aromatic rings. The molecule has 0 spiro atoms. The Labute approximate surface area is 143 Å². The third-order valence-corrected chi connectivity index (χ3v) is 4.24. The normalized spacial score (nSPS) is 21.8. The van der Waals surface area contributed by atoms with Gasteiger partial charge in [-0.25, -0.2) is 4.98 Å². The van der Waals surface area contributed by atoms with E-state index in [2.05, 4.69) is 29.8 Å². The molecule has 1 saturated heterocycles. The Kier molecular flexibility index (Phi) is 5.14. The van der Waals surface area contributed by atoms with Crippen LogP contribution < -0.4 is 5.73 Å². The van der Waals surface area contributed by atoms with E-state index in [4.69, 9.17) is 15.6 Å². The van der Waals surface area contributed by atoms with E-state index in [9.17, 15) is 0 Å². The highest BCUT2D eigenvalue weighted by atomic mass is 16.5. The van der Waals surface area contributed by atoms with Gasteiger partial charge in [0.15, 0.2) is 0 Å². The molecule has 1 aromatic carbocycles. The molecule has 0 radical (unpaired) electrons. The molecule has 1 aliphatic rings. The van der Waals surface area contributed by atoms with Crippen LogP contribution in [0.15, 0.2) is 36.4 Å². The van der Waals surface area contributed by atoms with Gasteiger partial charge in [0, 0.05) is 25.2 Å². The number of aliphatic hydroxyl groups is 1. The van der Waals surface area contributed by atoms with E-state index in [0.29, 0.717) is 5.82 Å². The molecule has 24 heavy (non-hydrogen) atoms. The second kappa shape index (κ2) is 7.30. The van der Waals surface area contributed by atoms with Gasteiger partial charge < -0.3 is 15.6 Å². The molecule has 2 atom stereocenters. The Hall–Kier alpha value is -1.95. The van der Waals surface area contributed by atoms with Crippen LogP contribution in [0.1, 0.15) is 25.0 Å². The number of nitrogens with zero attached hydrogens (tertiary/aromatic N) is 2. The van der Waals surface area contributed by atoms with E-state index in [1.54, 1.807) is 0 Å². The Bertz CT molecular complexity index is 678. The maximum Gasteiger partial charge on any atom is 0.124 e. The average Bonchev–Trinajstić information content (AvgIpc) is 2.53. The van der Waals surface area contributed by atoms with Crippen molar-refractivity contribution < 1.29 is 9.84 Å². The van der Waals surface area contributed by atoms with E-state index in [1.807, 2.05) is 30.3 Å². The monoisotopic (exact) mass is 327 g/mol. The molecule has 0 amide bonds. The van der Waals surface area contributed by atoms with Crippen molar-refractivity contribution in [3.63, 3.8) is 0 Å². The maximum atomic E-state index is 9.16. The maximum absolute atomic E-state index is 9.16. The van der Waals surface area contributed by atoms with Crippen LogP contribution in [-0.4, -0.2) is 40.3 Å². The van der Waals surface area contributed by atoms with Crippen molar-refractivity contribution in [2.45, 2.75) is 39.2 Å². The largest absolute Gasteiger partial charge is 0.392 e. The van der Waals surface area contributed by atoms with Crippen LogP contribution in [0.4, 0.5) is 5.82 Å². The number of benzene rings is 1. The minimum Gasteiger partial charge on any atom is -0.392 e. The first-order valence-electron chi connectivity index (χ1n) is 8.38. The van der Waals surface area contributed by atoms with Crippen LogP contribution in [0.25, 0.3) is 11.3 Å². The Morgan fingerprint density at radius 1 is 1.12 bits per heavy atom. The fourth-order valence-electron chi connectivity index (χ4n) is 3.30. The highest BCUT2D eigenvalue weighted by Crippen LogP contribution is 2.22. The molecular weight excluding hydrogens is 302 g/mol. The third kappa shape index (κ3) is 4.12. The quantitative estimate of drug-likeness (QED) is 0.902. The van der Waals surface area contributed by atoms with Gasteiger partial charge in [0.2, 0.25) is 0 Å². The summed E-state index contributed by atoms with van der Waals surface area (Å²) >= 11 is 0. The summed E-state index contributed by atoms with van der Waals surface area (Å²) in [6.45, 7) is 6.95. The van der Waals surface area contributed by atoms with Crippen LogP contribution in [-0.2, 0) is 17.9 Å². The highest BCUT2D eigenvalue weighted by Gasteiger charge is 2.22. The fraction of sp³-hybridized carbons (Fsp3) is 0.421. The van der Waals surface area contributed by atoms with Gasteiger partial charge in [0.1, 0.15) is 5.82 Å². The lowest BCUT2D eigenvalue weighted by molar-refractivity contribution is -0.0704. The first-order valence-corrected chi connectivity index (χ1v) is 8.38. The molecule has 3 rings (SSSR count). The summed E-state index contributed by atoms with van der Waals surface area (Å²) in [5, 5.41) is 9.16. The van der Waals surface area contributed by atoms with E-state index in [1.165, 1.54) is 0 Å².